The molecule has 5 heteroatoms. The number of aromatic amines is 1. The van der Waals surface area contributed by atoms with Crippen molar-refractivity contribution in [2.75, 3.05) is 6.54 Å². The monoisotopic (exact) mass is 278 g/mol. The fraction of sp³-hybridized carbons (Fsp3) is 0.733. The molecule has 5 nitrogen and oxygen atoms in total. The number of hydrogen-bond acceptors (Lipinski definition) is 3. The highest BCUT2D eigenvalue weighted by Crippen LogP contribution is 2.13. The first kappa shape index (κ1) is 15.0. The molecule has 1 aliphatic heterocycles. The average Bonchev–Trinajstić information content (AvgIpc) is 2.94. The van der Waals surface area contributed by atoms with Crippen LogP contribution in [-0.4, -0.2) is 28.5 Å². The molecule has 112 valence electrons. The normalized spacial score (nSPS) is 19.4. The predicted octanol–water partition coefficient (Wildman–Crippen LogP) is 1.76. The van der Waals surface area contributed by atoms with Crippen molar-refractivity contribution in [3.63, 3.8) is 0 Å². The summed E-state index contributed by atoms with van der Waals surface area (Å²) >= 11 is 0. The third-order valence-electron chi connectivity index (χ3n) is 4.15. The number of aromatic nitrogens is 2. The summed E-state index contributed by atoms with van der Waals surface area (Å²) in [4.78, 5) is 19.6. The van der Waals surface area contributed by atoms with E-state index in [2.05, 4.69) is 34.4 Å². The molecule has 1 aromatic rings. The number of carbonyl (C=O) groups excluding carboxylic acids is 1. The Labute approximate surface area is 120 Å². The first-order valence-electron chi connectivity index (χ1n) is 7.76. The van der Waals surface area contributed by atoms with Crippen LogP contribution >= 0.6 is 0 Å². The van der Waals surface area contributed by atoms with Gasteiger partial charge in [-0.05, 0) is 12.3 Å². The molecule has 3 N–H and O–H groups in total. The van der Waals surface area contributed by atoms with Gasteiger partial charge in [0.2, 0.25) is 5.91 Å². The number of nitrogens with zero attached hydrogens (tertiary/aromatic N) is 1. The Bertz CT molecular complexity index is 429. The average molecular weight is 278 g/mol. The second kappa shape index (κ2) is 7.43. The minimum absolute atomic E-state index is 0.105. The molecule has 2 heterocycles. The van der Waals surface area contributed by atoms with Gasteiger partial charge >= 0.3 is 0 Å². The van der Waals surface area contributed by atoms with Gasteiger partial charge in [0.1, 0.15) is 0 Å². The minimum Gasteiger partial charge on any atom is -0.354 e. The molecule has 1 aliphatic rings. The largest absolute Gasteiger partial charge is 0.354 e. The quantitative estimate of drug-likeness (QED) is 0.712. The van der Waals surface area contributed by atoms with E-state index in [1.165, 1.54) is 19.3 Å². The van der Waals surface area contributed by atoms with Crippen molar-refractivity contribution in [2.24, 2.45) is 5.92 Å². The molecule has 2 rings (SSSR count). The zero-order valence-electron chi connectivity index (χ0n) is 12.5. The maximum Gasteiger partial charge on any atom is 0.237 e. The van der Waals surface area contributed by atoms with Crippen LogP contribution in [0.2, 0.25) is 0 Å². The number of imidazole rings is 1. The lowest BCUT2D eigenvalue weighted by molar-refractivity contribution is -0.123. The van der Waals surface area contributed by atoms with Gasteiger partial charge in [0.15, 0.2) is 0 Å². The Kier molecular flexibility index (Phi) is 5.59. The van der Waals surface area contributed by atoms with E-state index in [4.69, 9.17) is 0 Å². The summed E-state index contributed by atoms with van der Waals surface area (Å²) in [6.07, 6.45) is 7.17. The zero-order chi connectivity index (χ0) is 14.4. The van der Waals surface area contributed by atoms with Gasteiger partial charge in [-0.2, -0.15) is 0 Å². The fourth-order valence-corrected chi connectivity index (χ4v) is 2.67. The van der Waals surface area contributed by atoms with Crippen molar-refractivity contribution >= 4 is 5.91 Å². The lowest BCUT2D eigenvalue weighted by Gasteiger charge is -2.23. The number of unbranched alkanes of at least 4 members (excludes halogenated alkanes) is 1. The Morgan fingerprint density at radius 3 is 3.15 bits per heavy atom. The maximum atomic E-state index is 12.2. The van der Waals surface area contributed by atoms with Crippen LogP contribution < -0.4 is 10.6 Å². The molecule has 0 aliphatic carbocycles. The molecule has 2 atom stereocenters. The molecule has 0 saturated carbocycles. The molecule has 0 spiro atoms. The van der Waals surface area contributed by atoms with Gasteiger partial charge < -0.3 is 10.3 Å². The SMILES string of the molecule is CCCCC(CC)CNC(=O)C1Cc2nc[nH]c2CN1. The predicted molar refractivity (Wildman–Crippen MR) is 79.2 cm³/mol. The fourth-order valence-electron chi connectivity index (χ4n) is 2.67. The standard InChI is InChI=1S/C15H26N4O/c1-3-5-6-11(4-2)8-17-15(20)13-7-12-14(9-16-13)19-10-18-12/h10-11,13,16H,3-9H2,1-2H3,(H,17,20)(H,18,19). The van der Waals surface area contributed by atoms with Crippen LogP contribution in [0.3, 0.4) is 0 Å². The number of hydrogen-bond donors (Lipinski definition) is 3. The summed E-state index contributed by atoms with van der Waals surface area (Å²) < 4.78 is 0. The van der Waals surface area contributed by atoms with Crippen molar-refractivity contribution < 1.29 is 4.79 Å². The number of H-pyrrole nitrogens is 1. The van der Waals surface area contributed by atoms with E-state index >= 15 is 0 Å². The first-order chi connectivity index (χ1) is 9.74. The topological polar surface area (TPSA) is 69.8 Å². The van der Waals surface area contributed by atoms with Gasteiger partial charge in [0.05, 0.1) is 23.8 Å². The van der Waals surface area contributed by atoms with E-state index in [1.54, 1.807) is 6.33 Å². The summed E-state index contributed by atoms with van der Waals surface area (Å²) in [5.41, 5.74) is 2.12. The van der Waals surface area contributed by atoms with E-state index < -0.39 is 0 Å². The van der Waals surface area contributed by atoms with Crippen LogP contribution in [0.4, 0.5) is 0 Å². The molecule has 0 fully saturated rings. The number of rotatable bonds is 7. The van der Waals surface area contributed by atoms with Crippen molar-refractivity contribution in [2.45, 2.75) is 58.5 Å². The van der Waals surface area contributed by atoms with Crippen molar-refractivity contribution in [3.05, 3.63) is 17.7 Å². The van der Waals surface area contributed by atoms with Crippen LogP contribution in [0.15, 0.2) is 6.33 Å². The highest BCUT2D eigenvalue weighted by molar-refractivity contribution is 5.82. The van der Waals surface area contributed by atoms with E-state index in [1.807, 2.05) is 0 Å². The van der Waals surface area contributed by atoms with Crippen LogP contribution in [0.1, 0.15) is 50.9 Å². The molecule has 0 saturated heterocycles. The summed E-state index contributed by atoms with van der Waals surface area (Å²) in [7, 11) is 0. The van der Waals surface area contributed by atoms with Gasteiger partial charge in [0, 0.05) is 19.5 Å². The smallest absolute Gasteiger partial charge is 0.237 e. The highest BCUT2D eigenvalue weighted by atomic mass is 16.2. The van der Waals surface area contributed by atoms with E-state index in [-0.39, 0.29) is 11.9 Å². The Hall–Kier alpha value is -1.36. The van der Waals surface area contributed by atoms with Gasteiger partial charge in [-0.1, -0.05) is 33.1 Å². The molecule has 0 aromatic carbocycles. The Morgan fingerprint density at radius 1 is 1.55 bits per heavy atom. The first-order valence-corrected chi connectivity index (χ1v) is 7.76. The van der Waals surface area contributed by atoms with Gasteiger partial charge in [-0.15, -0.1) is 0 Å². The molecule has 1 aromatic heterocycles. The highest BCUT2D eigenvalue weighted by Gasteiger charge is 2.25. The van der Waals surface area contributed by atoms with Gasteiger partial charge in [0.25, 0.3) is 0 Å². The van der Waals surface area contributed by atoms with Crippen LogP contribution in [-0.2, 0) is 17.8 Å². The summed E-state index contributed by atoms with van der Waals surface area (Å²) in [5, 5.41) is 6.36. The summed E-state index contributed by atoms with van der Waals surface area (Å²) in [5.74, 6) is 0.706. The zero-order valence-corrected chi connectivity index (χ0v) is 12.5. The third-order valence-corrected chi connectivity index (χ3v) is 4.15. The van der Waals surface area contributed by atoms with Crippen molar-refractivity contribution in [3.8, 4) is 0 Å². The second-order valence-electron chi connectivity index (χ2n) is 5.63. The molecule has 1 amide bonds. The maximum absolute atomic E-state index is 12.2. The van der Waals surface area contributed by atoms with Crippen LogP contribution in [0, 0.1) is 5.92 Å². The number of carbonyl (C=O) groups is 1. The second-order valence-corrected chi connectivity index (χ2v) is 5.63. The summed E-state index contributed by atoms with van der Waals surface area (Å²) in [6.45, 7) is 5.89. The van der Waals surface area contributed by atoms with Crippen LogP contribution in [0.25, 0.3) is 0 Å². The van der Waals surface area contributed by atoms with E-state index in [0.717, 1.165) is 24.4 Å². The Morgan fingerprint density at radius 2 is 2.40 bits per heavy atom. The lowest BCUT2D eigenvalue weighted by atomic mass is 9.99. The molecule has 20 heavy (non-hydrogen) atoms. The number of amides is 1. The van der Waals surface area contributed by atoms with Crippen molar-refractivity contribution in [1.29, 1.82) is 0 Å². The molecular weight excluding hydrogens is 252 g/mol. The lowest BCUT2D eigenvalue weighted by Crippen LogP contribution is -2.48. The molecular formula is C15H26N4O. The minimum atomic E-state index is -0.144. The number of fused-ring (bicyclic) bond motifs is 1. The van der Waals surface area contributed by atoms with Crippen LogP contribution in [0.5, 0.6) is 0 Å². The van der Waals surface area contributed by atoms with Gasteiger partial charge in [-0.25, -0.2) is 4.98 Å². The number of nitrogens with one attached hydrogen (secondary N) is 3. The van der Waals surface area contributed by atoms with E-state index in [9.17, 15) is 4.79 Å². The Balaban J connectivity index is 1.78. The van der Waals surface area contributed by atoms with Gasteiger partial charge in [-0.3, -0.25) is 10.1 Å². The van der Waals surface area contributed by atoms with E-state index in [0.29, 0.717) is 18.9 Å². The van der Waals surface area contributed by atoms with Crippen molar-refractivity contribution in [1.82, 2.24) is 20.6 Å². The molecule has 0 bridgehead atoms. The summed E-state index contributed by atoms with van der Waals surface area (Å²) in [6, 6.07) is -0.144. The molecule has 2 unspecified atom stereocenters. The third kappa shape index (κ3) is 3.82. The molecule has 0 radical (unpaired) electrons.